The number of nitriles is 1. The fourth-order valence-electron chi connectivity index (χ4n) is 1.39. The monoisotopic (exact) mass is 241 g/mol. The molecule has 0 aliphatic heterocycles. The summed E-state index contributed by atoms with van der Waals surface area (Å²) in [6.07, 6.45) is 1.40. The van der Waals surface area contributed by atoms with E-state index in [-0.39, 0.29) is 12.5 Å². The third-order valence-electron chi connectivity index (χ3n) is 2.33. The number of nitrogens with zero attached hydrogens (tertiary/aromatic N) is 2. The maximum atomic E-state index is 8.92. The van der Waals surface area contributed by atoms with Gasteiger partial charge in [-0.1, -0.05) is 12.1 Å². The average Bonchev–Trinajstić information content (AvgIpc) is 2.42. The largest absolute Gasteiger partial charge is 0.437 e. The highest BCUT2D eigenvalue weighted by molar-refractivity contribution is 5.53. The second-order valence-electron chi connectivity index (χ2n) is 3.63. The Morgan fingerprint density at radius 3 is 2.61 bits per heavy atom. The van der Waals surface area contributed by atoms with Crippen LogP contribution >= 0.6 is 0 Å². The smallest absolute Gasteiger partial charge is 0.242 e. The van der Waals surface area contributed by atoms with E-state index in [4.69, 9.17) is 20.8 Å². The molecule has 0 spiro atoms. The minimum atomic E-state index is -0.0163. The lowest BCUT2D eigenvalue weighted by Gasteiger charge is -2.07. The van der Waals surface area contributed by atoms with E-state index in [1.165, 1.54) is 12.3 Å². The Labute approximate surface area is 104 Å². The summed E-state index contributed by atoms with van der Waals surface area (Å²) in [5, 5.41) is 17.6. The van der Waals surface area contributed by atoms with Crippen LogP contribution in [0.4, 0.5) is 5.69 Å². The Hall–Kier alpha value is -2.58. The first-order valence-corrected chi connectivity index (χ1v) is 5.26. The number of hydrogen-bond acceptors (Lipinski definition) is 5. The van der Waals surface area contributed by atoms with Crippen LogP contribution in [0.5, 0.6) is 11.6 Å². The maximum absolute atomic E-state index is 8.92. The van der Waals surface area contributed by atoms with Gasteiger partial charge in [0.2, 0.25) is 5.88 Å². The zero-order valence-corrected chi connectivity index (χ0v) is 9.50. The van der Waals surface area contributed by atoms with E-state index in [0.29, 0.717) is 17.0 Å². The molecule has 1 aromatic heterocycles. The van der Waals surface area contributed by atoms with Crippen molar-refractivity contribution in [2.45, 2.75) is 6.61 Å². The Bertz CT molecular complexity index is 588. The van der Waals surface area contributed by atoms with Gasteiger partial charge in [-0.05, 0) is 23.8 Å². The summed E-state index contributed by atoms with van der Waals surface area (Å²) < 4.78 is 5.48. The summed E-state index contributed by atoms with van der Waals surface area (Å²) in [6, 6.07) is 10.4. The van der Waals surface area contributed by atoms with Gasteiger partial charge in [0, 0.05) is 6.20 Å². The van der Waals surface area contributed by atoms with Crippen molar-refractivity contribution in [3.05, 3.63) is 47.7 Å². The number of rotatable bonds is 3. The highest BCUT2D eigenvalue weighted by Crippen LogP contribution is 2.25. The molecular formula is C13H11N3O2. The molecule has 0 bridgehead atoms. The number of hydrogen-bond donors (Lipinski definition) is 2. The van der Waals surface area contributed by atoms with Crippen LogP contribution in [-0.2, 0) is 6.61 Å². The molecule has 0 aliphatic rings. The zero-order chi connectivity index (χ0) is 13.0. The van der Waals surface area contributed by atoms with Crippen LogP contribution in [0.25, 0.3) is 0 Å². The van der Waals surface area contributed by atoms with Gasteiger partial charge >= 0.3 is 0 Å². The van der Waals surface area contributed by atoms with Crippen LogP contribution in [0.15, 0.2) is 36.5 Å². The number of anilines is 1. The molecule has 0 saturated heterocycles. The highest BCUT2D eigenvalue weighted by Gasteiger charge is 2.05. The van der Waals surface area contributed by atoms with E-state index in [1.54, 1.807) is 24.3 Å². The Morgan fingerprint density at radius 2 is 2.06 bits per heavy atom. The molecule has 3 N–H and O–H groups in total. The molecule has 0 aliphatic carbocycles. The molecular weight excluding hydrogens is 230 g/mol. The number of nitrogens with two attached hydrogens (primary N) is 1. The van der Waals surface area contributed by atoms with Gasteiger partial charge in [-0.3, -0.25) is 0 Å². The third kappa shape index (κ3) is 2.56. The minimum absolute atomic E-state index is 0.0163. The highest BCUT2D eigenvalue weighted by atomic mass is 16.5. The van der Waals surface area contributed by atoms with Gasteiger partial charge < -0.3 is 15.6 Å². The van der Waals surface area contributed by atoms with E-state index in [0.717, 1.165) is 5.56 Å². The van der Waals surface area contributed by atoms with Crippen LogP contribution in [0.2, 0.25) is 0 Å². The Balaban J connectivity index is 2.20. The standard InChI is InChI=1S/C13H11N3O2/c14-6-10-5-12(15)13(16-7-10)18-11-3-1-9(8-17)2-4-11/h1-5,7,17H,8,15H2. The molecule has 1 heterocycles. The first-order valence-electron chi connectivity index (χ1n) is 5.26. The van der Waals surface area contributed by atoms with Gasteiger partial charge in [-0.2, -0.15) is 5.26 Å². The van der Waals surface area contributed by atoms with Crippen LogP contribution in [0, 0.1) is 11.3 Å². The van der Waals surface area contributed by atoms with Crippen molar-refractivity contribution in [1.82, 2.24) is 4.98 Å². The first-order chi connectivity index (χ1) is 8.72. The number of nitrogen functional groups attached to an aromatic ring is 1. The molecule has 5 heteroatoms. The lowest BCUT2D eigenvalue weighted by atomic mass is 10.2. The predicted octanol–water partition coefficient (Wildman–Crippen LogP) is 1.82. The number of aliphatic hydroxyl groups excluding tert-OH is 1. The summed E-state index contributed by atoms with van der Waals surface area (Å²) in [5.74, 6) is 0.821. The van der Waals surface area contributed by atoms with Crippen molar-refractivity contribution in [2.75, 3.05) is 5.73 Å². The molecule has 2 rings (SSSR count). The number of benzene rings is 1. The van der Waals surface area contributed by atoms with E-state index >= 15 is 0 Å². The fourth-order valence-corrected chi connectivity index (χ4v) is 1.39. The molecule has 2 aromatic rings. The normalized spacial score (nSPS) is 9.78. The molecule has 0 amide bonds. The van der Waals surface area contributed by atoms with Crippen molar-refractivity contribution < 1.29 is 9.84 Å². The first kappa shape index (κ1) is 11.9. The SMILES string of the molecule is N#Cc1cnc(Oc2ccc(CO)cc2)c(N)c1. The molecule has 0 unspecified atom stereocenters. The number of ether oxygens (including phenoxy) is 1. The molecule has 0 radical (unpaired) electrons. The van der Waals surface area contributed by atoms with Gasteiger partial charge in [-0.25, -0.2) is 4.98 Å². The van der Waals surface area contributed by atoms with E-state index in [2.05, 4.69) is 4.98 Å². The summed E-state index contributed by atoms with van der Waals surface area (Å²) >= 11 is 0. The summed E-state index contributed by atoms with van der Waals surface area (Å²) in [7, 11) is 0. The van der Waals surface area contributed by atoms with Crippen molar-refractivity contribution >= 4 is 5.69 Å². The van der Waals surface area contributed by atoms with Gasteiger partial charge in [0.1, 0.15) is 11.8 Å². The molecule has 5 nitrogen and oxygen atoms in total. The molecule has 0 fully saturated rings. The number of pyridine rings is 1. The average molecular weight is 241 g/mol. The van der Waals surface area contributed by atoms with E-state index in [9.17, 15) is 0 Å². The molecule has 1 aromatic carbocycles. The number of aromatic nitrogens is 1. The third-order valence-corrected chi connectivity index (χ3v) is 2.33. The minimum Gasteiger partial charge on any atom is -0.437 e. The van der Waals surface area contributed by atoms with Crippen molar-refractivity contribution in [3.8, 4) is 17.7 Å². The van der Waals surface area contributed by atoms with Crippen molar-refractivity contribution in [2.24, 2.45) is 0 Å². The van der Waals surface area contributed by atoms with Gasteiger partial charge in [0.25, 0.3) is 0 Å². The van der Waals surface area contributed by atoms with E-state index in [1.807, 2.05) is 6.07 Å². The van der Waals surface area contributed by atoms with Gasteiger partial charge in [0.15, 0.2) is 0 Å². The second-order valence-corrected chi connectivity index (χ2v) is 3.63. The second kappa shape index (κ2) is 5.17. The van der Waals surface area contributed by atoms with Gasteiger partial charge in [-0.15, -0.1) is 0 Å². The molecule has 0 saturated carbocycles. The van der Waals surface area contributed by atoms with Crippen LogP contribution in [0.3, 0.4) is 0 Å². The van der Waals surface area contributed by atoms with Crippen molar-refractivity contribution in [1.29, 1.82) is 5.26 Å². The van der Waals surface area contributed by atoms with Crippen LogP contribution < -0.4 is 10.5 Å². The lowest BCUT2D eigenvalue weighted by molar-refractivity contribution is 0.281. The Morgan fingerprint density at radius 1 is 1.33 bits per heavy atom. The maximum Gasteiger partial charge on any atom is 0.242 e. The summed E-state index contributed by atoms with van der Waals surface area (Å²) in [4.78, 5) is 3.97. The quantitative estimate of drug-likeness (QED) is 0.855. The summed E-state index contributed by atoms with van der Waals surface area (Å²) in [6.45, 7) is -0.0163. The lowest BCUT2D eigenvalue weighted by Crippen LogP contribution is -1.96. The summed E-state index contributed by atoms with van der Waals surface area (Å²) in [5.41, 5.74) is 7.21. The zero-order valence-electron chi connectivity index (χ0n) is 9.50. The van der Waals surface area contributed by atoms with E-state index < -0.39 is 0 Å². The number of aliphatic hydroxyl groups is 1. The fraction of sp³-hybridized carbons (Fsp3) is 0.0769. The van der Waals surface area contributed by atoms with Crippen LogP contribution in [0.1, 0.15) is 11.1 Å². The van der Waals surface area contributed by atoms with Crippen molar-refractivity contribution in [3.63, 3.8) is 0 Å². The Kier molecular flexibility index (Phi) is 3.41. The molecule has 0 atom stereocenters. The predicted molar refractivity (Wildman–Crippen MR) is 65.8 cm³/mol. The topological polar surface area (TPSA) is 92.2 Å². The molecule has 90 valence electrons. The van der Waals surface area contributed by atoms with Crippen LogP contribution in [-0.4, -0.2) is 10.1 Å². The van der Waals surface area contributed by atoms with Gasteiger partial charge in [0.05, 0.1) is 17.9 Å². The molecule has 18 heavy (non-hydrogen) atoms.